The van der Waals surface area contributed by atoms with Crippen molar-refractivity contribution < 1.29 is 24.2 Å². The van der Waals surface area contributed by atoms with Gasteiger partial charge in [-0.2, -0.15) is 0 Å². The third-order valence-electron chi connectivity index (χ3n) is 8.79. The van der Waals surface area contributed by atoms with E-state index >= 15 is 0 Å². The lowest BCUT2D eigenvalue weighted by Gasteiger charge is -2.50. The van der Waals surface area contributed by atoms with Crippen LogP contribution < -0.4 is 4.90 Å². The van der Waals surface area contributed by atoms with Crippen molar-refractivity contribution in [2.75, 3.05) is 44.2 Å². The van der Waals surface area contributed by atoms with Gasteiger partial charge < -0.3 is 24.5 Å². The molecule has 3 aliphatic rings. The number of piperazine rings is 1. The monoisotopic (exact) mass is 586 g/mol. The Balaban J connectivity index is 1.32. The second-order valence-corrected chi connectivity index (χ2v) is 13.5. The number of aromatic nitrogens is 1. The number of anilines is 1. The molecule has 1 aliphatic carbocycles. The van der Waals surface area contributed by atoms with Crippen LogP contribution in [0, 0.1) is 10.8 Å². The molecule has 1 N–H and O–H groups in total. The fourth-order valence-electron chi connectivity index (χ4n) is 6.77. The third-order valence-corrected chi connectivity index (χ3v) is 8.79. The molecule has 228 valence electrons. The molecule has 9 heteroatoms. The van der Waals surface area contributed by atoms with Crippen molar-refractivity contribution in [3.05, 3.63) is 77.0 Å². The summed E-state index contributed by atoms with van der Waals surface area (Å²) in [5, 5.41) is 9.30. The van der Waals surface area contributed by atoms with Crippen LogP contribution in [0.5, 0.6) is 0 Å². The number of benzene rings is 1. The first kappa shape index (κ1) is 30.3. The maximum atomic E-state index is 14.0. The van der Waals surface area contributed by atoms with Gasteiger partial charge in [0.2, 0.25) is 0 Å². The van der Waals surface area contributed by atoms with Gasteiger partial charge in [0, 0.05) is 56.3 Å². The summed E-state index contributed by atoms with van der Waals surface area (Å²) < 4.78 is 5.53. The summed E-state index contributed by atoms with van der Waals surface area (Å²) in [6, 6.07) is 10.7. The number of ether oxygens (including phenoxy) is 1. The van der Waals surface area contributed by atoms with E-state index in [0.29, 0.717) is 50.6 Å². The molecule has 0 radical (unpaired) electrons. The molecule has 0 unspecified atom stereocenters. The van der Waals surface area contributed by atoms with Crippen molar-refractivity contribution in [2.45, 2.75) is 53.6 Å². The highest BCUT2D eigenvalue weighted by atomic mass is 16.6. The molecule has 0 bridgehead atoms. The smallest absolute Gasteiger partial charge is 0.410 e. The van der Waals surface area contributed by atoms with Crippen molar-refractivity contribution in [1.29, 1.82) is 0 Å². The second kappa shape index (κ2) is 11.2. The number of allylic oxidation sites excluding steroid dienone is 2. The lowest BCUT2D eigenvalue weighted by molar-refractivity contribution is 0.0239. The number of fused-ring (bicyclic) bond motifs is 1. The lowest BCUT2D eigenvalue weighted by atomic mass is 9.58. The standard InChI is InChI=1S/C34H42N4O5/c1-32(2,3)43-31(42)37-20-18-36(19-21-37)28-25(8-7-16-35-28)29(39)38-17-14-27-33(4,5)26(13-15-34(27,6)22-38)23-9-11-24(12-10-23)30(40)41/h7-14,16H,15,17-22H2,1-6H3,(H,40,41)/t34-/m1/s1. The summed E-state index contributed by atoms with van der Waals surface area (Å²) in [4.78, 5) is 48.2. The highest BCUT2D eigenvalue weighted by Gasteiger charge is 2.46. The lowest BCUT2D eigenvalue weighted by Crippen LogP contribution is -2.51. The average Bonchev–Trinajstić information content (AvgIpc) is 2.95. The molecular formula is C34H42N4O5. The van der Waals surface area contributed by atoms with E-state index in [1.807, 2.05) is 43.9 Å². The zero-order valence-electron chi connectivity index (χ0n) is 26.0. The SMILES string of the molecule is CC(C)(C)OC(=O)N1CCN(c2ncccc2C(=O)N2CC=C3C(C)(C)C(c4ccc(C(=O)O)cc4)=CC[C@]3(C)C2)CC1. The molecule has 43 heavy (non-hydrogen) atoms. The van der Waals surface area contributed by atoms with Crippen molar-refractivity contribution in [3.8, 4) is 0 Å². The van der Waals surface area contributed by atoms with Gasteiger partial charge in [-0.05, 0) is 62.6 Å². The average molecular weight is 587 g/mol. The predicted molar refractivity (Wildman–Crippen MR) is 166 cm³/mol. The molecule has 1 saturated heterocycles. The van der Waals surface area contributed by atoms with E-state index in [1.165, 1.54) is 11.1 Å². The summed E-state index contributed by atoms with van der Waals surface area (Å²) in [7, 11) is 0. The Morgan fingerprint density at radius 1 is 0.930 bits per heavy atom. The van der Waals surface area contributed by atoms with Crippen LogP contribution >= 0.6 is 0 Å². The van der Waals surface area contributed by atoms with E-state index in [9.17, 15) is 19.5 Å². The Bertz CT molecular complexity index is 1480. The number of carbonyl (C=O) groups excluding carboxylic acids is 2. The van der Waals surface area contributed by atoms with Gasteiger partial charge in [0.05, 0.1) is 11.1 Å². The predicted octanol–water partition coefficient (Wildman–Crippen LogP) is 5.74. The first-order valence-corrected chi connectivity index (χ1v) is 14.9. The molecule has 2 aliphatic heterocycles. The summed E-state index contributed by atoms with van der Waals surface area (Å²) >= 11 is 0. The first-order chi connectivity index (χ1) is 20.2. The highest BCUT2D eigenvalue weighted by molar-refractivity contribution is 5.99. The largest absolute Gasteiger partial charge is 0.478 e. The Labute approximate surface area is 253 Å². The van der Waals surface area contributed by atoms with Gasteiger partial charge in [0.25, 0.3) is 5.91 Å². The molecule has 5 rings (SSSR count). The van der Waals surface area contributed by atoms with Gasteiger partial charge in [-0.25, -0.2) is 14.6 Å². The third kappa shape index (κ3) is 6.03. The Morgan fingerprint density at radius 3 is 2.23 bits per heavy atom. The van der Waals surface area contributed by atoms with Gasteiger partial charge in [-0.1, -0.05) is 50.6 Å². The molecule has 3 heterocycles. The maximum absolute atomic E-state index is 14.0. The minimum absolute atomic E-state index is 0.0500. The Morgan fingerprint density at radius 2 is 1.60 bits per heavy atom. The number of hydrogen-bond acceptors (Lipinski definition) is 6. The second-order valence-electron chi connectivity index (χ2n) is 13.5. The summed E-state index contributed by atoms with van der Waals surface area (Å²) in [6.07, 6.45) is 6.62. The number of carbonyl (C=O) groups is 3. The molecule has 1 aromatic carbocycles. The van der Waals surface area contributed by atoms with Crippen LogP contribution in [-0.2, 0) is 4.74 Å². The topological polar surface area (TPSA) is 103 Å². The number of pyridine rings is 1. The first-order valence-electron chi connectivity index (χ1n) is 14.9. The number of amides is 2. The molecule has 1 atom stereocenters. The molecule has 1 fully saturated rings. The van der Waals surface area contributed by atoms with E-state index in [0.717, 1.165) is 12.0 Å². The zero-order valence-corrected chi connectivity index (χ0v) is 26.0. The van der Waals surface area contributed by atoms with Crippen LogP contribution in [0.2, 0.25) is 0 Å². The zero-order chi connectivity index (χ0) is 31.2. The van der Waals surface area contributed by atoms with Crippen LogP contribution in [0.1, 0.15) is 74.2 Å². The van der Waals surface area contributed by atoms with Crippen molar-refractivity contribution >= 4 is 29.4 Å². The van der Waals surface area contributed by atoms with Crippen molar-refractivity contribution in [3.63, 3.8) is 0 Å². The van der Waals surface area contributed by atoms with E-state index in [1.54, 1.807) is 29.3 Å². The van der Waals surface area contributed by atoms with Crippen molar-refractivity contribution in [2.24, 2.45) is 10.8 Å². The van der Waals surface area contributed by atoms with Gasteiger partial charge in [-0.15, -0.1) is 0 Å². The van der Waals surface area contributed by atoms with Crippen LogP contribution in [0.15, 0.2) is 60.3 Å². The summed E-state index contributed by atoms with van der Waals surface area (Å²) in [5.74, 6) is -0.339. The Kier molecular flexibility index (Phi) is 7.88. The molecule has 2 amide bonds. The van der Waals surface area contributed by atoms with Crippen LogP contribution in [0.25, 0.3) is 5.57 Å². The molecule has 0 saturated carbocycles. The van der Waals surface area contributed by atoms with Gasteiger partial charge in [-0.3, -0.25) is 4.79 Å². The molecule has 1 aromatic heterocycles. The number of hydrogen-bond donors (Lipinski definition) is 1. The quantitative estimate of drug-likeness (QED) is 0.456. The van der Waals surface area contributed by atoms with E-state index in [4.69, 9.17) is 4.74 Å². The minimum Gasteiger partial charge on any atom is -0.478 e. The normalized spacial score (nSPS) is 21.9. The van der Waals surface area contributed by atoms with E-state index in [-0.39, 0.29) is 28.4 Å². The number of nitrogens with zero attached hydrogens (tertiary/aromatic N) is 4. The highest BCUT2D eigenvalue weighted by Crippen LogP contribution is 2.55. The van der Waals surface area contributed by atoms with E-state index in [2.05, 4.69) is 42.8 Å². The Hall–Kier alpha value is -4.14. The van der Waals surface area contributed by atoms with Gasteiger partial charge >= 0.3 is 12.1 Å². The summed E-state index contributed by atoms with van der Waals surface area (Å²) in [5.41, 5.74) is 3.27. The number of carboxylic acid groups (broad SMARTS) is 1. The molecule has 0 spiro atoms. The van der Waals surface area contributed by atoms with E-state index < -0.39 is 11.6 Å². The van der Waals surface area contributed by atoms with Crippen molar-refractivity contribution in [1.82, 2.24) is 14.8 Å². The number of carboxylic acids is 1. The van der Waals surface area contributed by atoms with Crippen LogP contribution in [0.4, 0.5) is 10.6 Å². The van der Waals surface area contributed by atoms with Crippen LogP contribution in [0.3, 0.4) is 0 Å². The minimum atomic E-state index is -0.935. The van der Waals surface area contributed by atoms with Crippen LogP contribution in [-0.4, -0.2) is 82.7 Å². The molecule has 9 nitrogen and oxygen atoms in total. The number of rotatable bonds is 4. The summed E-state index contributed by atoms with van der Waals surface area (Å²) in [6.45, 7) is 15.4. The number of aromatic carboxylic acids is 1. The van der Waals surface area contributed by atoms with Gasteiger partial charge in [0.1, 0.15) is 11.4 Å². The fraction of sp³-hybridized carbons (Fsp3) is 0.471. The molecular weight excluding hydrogens is 544 g/mol. The maximum Gasteiger partial charge on any atom is 0.410 e. The fourth-order valence-corrected chi connectivity index (χ4v) is 6.77. The van der Waals surface area contributed by atoms with Gasteiger partial charge in [0.15, 0.2) is 0 Å². The molecule has 2 aromatic rings.